The number of carbonyl (C=O) groups is 2. The molecular formula is C48H83NO9P+. The van der Waals surface area contributed by atoms with Gasteiger partial charge in [0.2, 0.25) is 0 Å². The van der Waals surface area contributed by atoms with Crippen LogP contribution in [0.3, 0.4) is 0 Å². The molecule has 2 N–H and O–H groups in total. The van der Waals surface area contributed by atoms with Gasteiger partial charge in [-0.25, -0.2) is 4.57 Å². The first-order valence-corrected chi connectivity index (χ1v) is 23.9. The van der Waals surface area contributed by atoms with E-state index < -0.39 is 32.5 Å². The van der Waals surface area contributed by atoms with E-state index in [0.717, 1.165) is 57.8 Å². The maximum atomic E-state index is 12.7. The van der Waals surface area contributed by atoms with Crippen LogP contribution in [0.25, 0.3) is 0 Å². The fourth-order valence-electron chi connectivity index (χ4n) is 5.45. The van der Waals surface area contributed by atoms with Gasteiger partial charge in [0.25, 0.3) is 0 Å². The molecule has 0 radical (unpaired) electrons. The molecule has 0 bridgehead atoms. The van der Waals surface area contributed by atoms with Crippen LogP contribution >= 0.6 is 7.82 Å². The minimum atomic E-state index is -4.42. The molecule has 0 saturated heterocycles. The van der Waals surface area contributed by atoms with Crippen molar-refractivity contribution in [3.8, 4) is 0 Å². The molecule has 2 unspecified atom stereocenters. The number of esters is 2. The summed E-state index contributed by atoms with van der Waals surface area (Å²) in [5, 5.41) is 9.74. The highest BCUT2D eigenvalue weighted by Gasteiger charge is 2.27. The van der Waals surface area contributed by atoms with E-state index in [1.54, 1.807) is 0 Å². The zero-order chi connectivity index (χ0) is 43.7. The number of aliphatic hydroxyl groups is 1. The molecule has 3 atom stereocenters. The van der Waals surface area contributed by atoms with Gasteiger partial charge in [0.05, 0.1) is 33.9 Å². The Hall–Kier alpha value is -2.85. The number of unbranched alkanes of at least 4 members (excludes halogenated alkanes) is 8. The van der Waals surface area contributed by atoms with Gasteiger partial charge in [-0.2, -0.15) is 0 Å². The number of phosphoric acid groups is 1. The zero-order valence-electron chi connectivity index (χ0n) is 37.6. The number of nitrogens with zero attached hydrogens (tertiary/aromatic N) is 1. The molecule has 0 heterocycles. The third-order valence-corrected chi connectivity index (χ3v) is 9.94. The van der Waals surface area contributed by atoms with Gasteiger partial charge in [-0.15, -0.1) is 0 Å². The van der Waals surface area contributed by atoms with Crippen LogP contribution in [-0.4, -0.2) is 86.1 Å². The highest BCUT2D eigenvalue weighted by molar-refractivity contribution is 7.47. The first-order chi connectivity index (χ1) is 28.4. The lowest BCUT2D eigenvalue weighted by Gasteiger charge is -2.24. The van der Waals surface area contributed by atoms with Crippen molar-refractivity contribution in [3.05, 3.63) is 85.1 Å². The summed E-state index contributed by atoms with van der Waals surface area (Å²) in [6, 6.07) is 0. The number of hydrogen-bond acceptors (Lipinski definition) is 8. The maximum Gasteiger partial charge on any atom is 0.472 e. The number of aliphatic hydroxyl groups excluding tert-OH is 1. The lowest BCUT2D eigenvalue weighted by atomic mass is 10.1. The van der Waals surface area contributed by atoms with Gasteiger partial charge in [-0.3, -0.25) is 18.6 Å². The molecule has 0 saturated carbocycles. The standard InChI is InChI=1S/C48H82NO9P/c1-6-8-9-10-11-12-13-14-15-16-17-20-23-26-29-32-35-39-47(51)55-43-46(44-57-59(53,54)56-42-41-49(3,4)5)58-48(52)40-36-33-30-27-24-21-18-19-22-25-28-31-34-38-45(50)37-7-2/h14-15,17-18,20-22,25-27,29-31,34,45-46,50H,6-13,16,19,23-24,28,32-33,35-44H2,1-5H3/p+1/b15-14-,20-17-,21-18-,25-22-,29-26-,30-27-,34-31-/t45?,46-/m1/s1. The van der Waals surface area contributed by atoms with E-state index in [4.69, 9.17) is 18.5 Å². The molecule has 0 spiro atoms. The Kier molecular flexibility index (Phi) is 37.4. The zero-order valence-corrected chi connectivity index (χ0v) is 38.5. The fourth-order valence-corrected chi connectivity index (χ4v) is 6.19. The van der Waals surface area contributed by atoms with Crippen LogP contribution in [0.4, 0.5) is 0 Å². The Labute approximate surface area is 359 Å². The van der Waals surface area contributed by atoms with E-state index in [9.17, 15) is 24.2 Å². The van der Waals surface area contributed by atoms with Crippen LogP contribution in [0.1, 0.15) is 149 Å². The van der Waals surface area contributed by atoms with Gasteiger partial charge in [0.15, 0.2) is 6.10 Å². The molecule has 0 aromatic carbocycles. The quantitative estimate of drug-likeness (QED) is 0.0204. The average molecular weight is 849 g/mol. The number of phosphoric ester groups is 1. The third-order valence-electron chi connectivity index (χ3n) is 8.95. The summed E-state index contributed by atoms with van der Waals surface area (Å²) in [4.78, 5) is 35.3. The summed E-state index contributed by atoms with van der Waals surface area (Å²) in [7, 11) is 1.38. The van der Waals surface area contributed by atoms with Gasteiger partial charge in [0.1, 0.15) is 19.8 Å². The molecule has 11 heteroatoms. The summed E-state index contributed by atoms with van der Waals surface area (Å²) in [6.45, 7) is 4.06. The van der Waals surface area contributed by atoms with Crippen LogP contribution in [0.15, 0.2) is 85.1 Å². The smallest absolute Gasteiger partial charge is 0.462 e. The molecule has 0 fully saturated rings. The molecule has 10 nitrogen and oxygen atoms in total. The van der Waals surface area contributed by atoms with Crippen LogP contribution in [0, 0.1) is 0 Å². The minimum absolute atomic E-state index is 0.00265. The molecule has 0 rings (SSSR count). The topological polar surface area (TPSA) is 129 Å². The average Bonchev–Trinajstić information content (AvgIpc) is 3.18. The first-order valence-electron chi connectivity index (χ1n) is 22.4. The number of ether oxygens (including phenoxy) is 2. The van der Waals surface area contributed by atoms with E-state index in [0.29, 0.717) is 36.7 Å². The summed E-state index contributed by atoms with van der Waals surface area (Å²) in [6.07, 6.45) is 47.1. The predicted molar refractivity (Wildman–Crippen MR) is 244 cm³/mol. The maximum absolute atomic E-state index is 12.7. The lowest BCUT2D eigenvalue weighted by Crippen LogP contribution is -2.37. The van der Waals surface area contributed by atoms with Gasteiger partial charge in [-0.1, -0.05) is 137 Å². The second-order valence-electron chi connectivity index (χ2n) is 15.9. The van der Waals surface area contributed by atoms with Gasteiger partial charge in [0, 0.05) is 12.8 Å². The van der Waals surface area contributed by atoms with Crippen molar-refractivity contribution in [3.63, 3.8) is 0 Å². The van der Waals surface area contributed by atoms with Crippen LogP contribution in [0.2, 0.25) is 0 Å². The Bertz CT molecular complexity index is 1300. The van der Waals surface area contributed by atoms with Crippen LogP contribution in [0.5, 0.6) is 0 Å². The van der Waals surface area contributed by atoms with Crippen molar-refractivity contribution >= 4 is 19.8 Å². The predicted octanol–water partition coefficient (Wildman–Crippen LogP) is 11.8. The van der Waals surface area contributed by atoms with Gasteiger partial charge in [-0.05, 0) is 83.5 Å². The molecule has 0 aliphatic carbocycles. The second kappa shape index (κ2) is 39.3. The number of rotatable bonds is 39. The van der Waals surface area contributed by atoms with E-state index in [1.807, 2.05) is 39.4 Å². The Morgan fingerprint density at radius 3 is 1.59 bits per heavy atom. The molecule has 0 aliphatic heterocycles. The third kappa shape index (κ3) is 43.1. The van der Waals surface area contributed by atoms with E-state index >= 15 is 0 Å². The molecule has 0 amide bonds. The van der Waals surface area contributed by atoms with Crippen LogP contribution < -0.4 is 0 Å². The van der Waals surface area contributed by atoms with E-state index in [2.05, 4.69) is 80.7 Å². The summed E-state index contributed by atoms with van der Waals surface area (Å²) in [5.74, 6) is -0.954. The van der Waals surface area contributed by atoms with Crippen molar-refractivity contribution in [1.29, 1.82) is 0 Å². The highest BCUT2D eigenvalue weighted by Crippen LogP contribution is 2.43. The summed E-state index contributed by atoms with van der Waals surface area (Å²) >= 11 is 0. The van der Waals surface area contributed by atoms with E-state index in [1.165, 1.54) is 38.5 Å². The van der Waals surface area contributed by atoms with Crippen molar-refractivity contribution in [2.45, 2.75) is 161 Å². The number of likely N-dealkylation sites (N-methyl/N-ethyl adjacent to an activating group) is 1. The number of allylic oxidation sites excluding steroid dienone is 13. The van der Waals surface area contributed by atoms with Crippen molar-refractivity contribution in [1.82, 2.24) is 0 Å². The van der Waals surface area contributed by atoms with Crippen LogP contribution in [-0.2, 0) is 32.7 Å². The molecular weight excluding hydrogens is 765 g/mol. The summed E-state index contributed by atoms with van der Waals surface area (Å²) in [5.41, 5.74) is 0. The van der Waals surface area contributed by atoms with Crippen molar-refractivity contribution in [2.75, 3.05) is 47.5 Å². The largest absolute Gasteiger partial charge is 0.472 e. The number of quaternary nitrogens is 1. The van der Waals surface area contributed by atoms with Crippen molar-refractivity contribution < 1.29 is 47.2 Å². The molecule has 0 aromatic rings. The Balaban J connectivity index is 4.57. The van der Waals surface area contributed by atoms with Crippen molar-refractivity contribution in [2.24, 2.45) is 0 Å². The SMILES string of the molecule is CCCCCCCC/C=C\C/C=C\C/C=C\CCCC(=O)OC[C@H](COP(=O)(O)OCC[N+](C)(C)C)OC(=O)CCC/C=C\C/C=C\C/C=C\C/C=C\CC(O)CCC. The Morgan fingerprint density at radius 2 is 1.07 bits per heavy atom. The van der Waals surface area contributed by atoms with E-state index in [-0.39, 0.29) is 32.2 Å². The van der Waals surface area contributed by atoms with Gasteiger partial charge >= 0.3 is 19.8 Å². The monoisotopic (exact) mass is 849 g/mol. The number of hydrogen-bond donors (Lipinski definition) is 2. The second-order valence-corrected chi connectivity index (χ2v) is 17.4. The Morgan fingerprint density at radius 1 is 0.593 bits per heavy atom. The molecule has 0 aromatic heterocycles. The van der Waals surface area contributed by atoms with Gasteiger partial charge < -0.3 is 24.0 Å². The normalized spacial score (nSPS) is 14.9. The molecule has 338 valence electrons. The highest BCUT2D eigenvalue weighted by atomic mass is 31.2. The minimum Gasteiger partial charge on any atom is -0.462 e. The first kappa shape index (κ1) is 56.1. The fraction of sp³-hybridized carbons (Fsp3) is 0.667. The lowest BCUT2D eigenvalue weighted by molar-refractivity contribution is -0.870. The molecule has 0 aliphatic rings. The summed E-state index contributed by atoms with van der Waals surface area (Å²) < 4.78 is 34.1. The number of carbonyl (C=O) groups excluding carboxylic acids is 2. The molecule has 59 heavy (non-hydrogen) atoms.